The molecule has 1 heterocycles. The van der Waals surface area contributed by atoms with Gasteiger partial charge in [-0.15, -0.1) is 0 Å². The molecule has 1 aliphatic heterocycles. The average molecular weight is 248 g/mol. The average Bonchev–Trinajstić information content (AvgIpc) is 2.37. The third-order valence-corrected chi connectivity index (χ3v) is 3.80. The maximum absolute atomic E-state index is 11.5. The highest BCUT2D eigenvalue weighted by Gasteiger charge is 2.29. The van der Waals surface area contributed by atoms with Crippen LogP contribution < -0.4 is 16.2 Å². The Morgan fingerprint density at radius 2 is 2.22 bits per heavy atom. The highest BCUT2D eigenvalue weighted by molar-refractivity contribution is 5.85. The lowest BCUT2D eigenvalue weighted by Crippen LogP contribution is -2.35. The Hall–Kier alpha value is -1.55. The maximum atomic E-state index is 11.5. The van der Waals surface area contributed by atoms with Crippen LogP contribution >= 0.6 is 0 Å². The van der Waals surface area contributed by atoms with Crippen molar-refractivity contribution in [1.82, 2.24) is 0 Å². The van der Waals surface area contributed by atoms with Gasteiger partial charge in [-0.2, -0.15) is 0 Å². The molecule has 0 aromatic heterocycles. The predicted molar refractivity (Wildman–Crippen MR) is 70.6 cm³/mol. The fourth-order valence-electron chi connectivity index (χ4n) is 2.24. The van der Waals surface area contributed by atoms with Gasteiger partial charge in [-0.3, -0.25) is 4.79 Å². The zero-order chi connectivity index (χ0) is 13.3. The molecule has 98 valence electrons. The molecule has 0 saturated heterocycles. The molecule has 4 nitrogen and oxygen atoms in total. The number of hydrogen-bond acceptors (Lipinski definition) is 3. The van der Waals surface area contributed by atoms with E-state index >= 15 is 0 Å². The van der Waals surface area contributed by atoms with E-state index < -0.39 is 5.41 Å². The Morgan fingerprint density at radius 1 is 1.50 bits per heavy atom. The number of benzene rings is 1. The molecule has 0 aliphatic carbocycles. The first kappa shape index (κ1) is 12.9. The molecule has 0 spiro atoms. The van der Waals surface area contributed by atoms with Crippen molar-refractivity contribution in [2.45, 2.75) is 31.6 Å². The van der Waals surface area contributed by atoms with Gasteiger partial charge in [0.25, 0.3) is 0 Å². The van der Waals surface area contributed by atoms with Crippen LogP contribution in [-0.4, -0.2) is 19.1 Å². The second kappa shape index (κ2) is 4.61. The van der Waals surface area contributed by atoms with Gasteiger partial charge in [0.05, 0.1) is 12.0 Å². The Kier molecular flexibility index (Phi) is 3.30. The number of nitrogens with two attached hydrogens (primary N) is 2. The van der Waals surface area contributed by atoms with Crippen molar-refractivity contribution in [3.8, 4) is 5.75 Å². The number of hydrogen-bond donors (Lipinski definition) is 2. The van der Waals surface area contributed by atoms with E-state index in [1.807, 2.05) is 32.0 Å². The third-order valence-electron chi connectivity index (χ3n) is 3.80. The number of carbonyl (C=O) groups is 1. The molecule has 0 saturated carbocycles. The summed E-state index contributed by atoms with van der Waals surface area (Å²) >= 11 is 0. The molecule has 0 bridgehead atoms. The standard InChI is InChI=1S/C14H20N2O2/c1-14(2,13(16)17)10-3-4-11-9(8-15)5-6-18-12(11)7-10/h3-4,7,9H,5-6,8,15H2,1-2H3,(H2,16,17). The summed E-state index contributed by atoms with van der Waals surface area (Å²) in [6.07, 6.45) is 0.946. The van der Waals surface area contributed by atoms with E-state index in [1.165, 1.54) is 0 Å². The molecule has 1 unspecified atom stereocenters. The fraction of sp³-hybridized carbons (Fsp3) is 0.500. The fourth-order valence-corrected chi connectivity index (χ4v) is 2.24. The molecule has 2 rings (SSSR count). The number of fused-ring (bicyclic) bond motifs is 1. The molecule has 4 N–H and O–H groups in total. The summed E-state index contributed by atoms with van der Waals surface area (Å²) in [4.78, 5) is 11.5. The summed E-state index contributed by atoms with van der Waals surface area (Å²) in [6.45, 7) is 4.94. The van der Waals surface area contributed by atoms with Gasteiger partial charge in [0.1, 0.15) is 5.75 Å². The summed E-state index contributed by atoms with van der Waals surface area (Å²) in [6, 6.07) is 5.87. The lowest BCUT2D eigenvalue weighted by atomic mass is 9.82. The quantitative estimate of drug-likeness (QED) is 0.845. The summed E-state index contributed by atoms with van der Waals surface area (Å²) in [5.74, 6) is 0.844. The number of carbonyl (C=O) groups excluding carboxylic acids is 1. The SMILES string of the molecule is CC(C)(C(N)=O)c1ccc2c(c1)OCCC2CN. The first-order chi connectivity index (χ1) is 8.46. The van der Waals surface area contributed by atoms with Crippen LogP contribution in [-0.2, 0) is 10.2 Å². The van der Waals surface area contributed by atoms with Gasteiger partial charge >= 0.3 is 0 Å². The van der Waals surface area contributed by atoms with E-state index in [4.69, 9.17) is 16.2 Å². The van der Waals surface area contributed by atoms with Gasteiger partial charge in [-0.1, -0.05) is 12.1 Å². The summed E-state index contributed by atoms with van der Waals surface area (Å²) < 4.78 is 5.66. The van der Waals surface area contributed by atoms with Crippen molar-refractivity contribution in [2.24, 2.45) is 11.5 Å². The zero-order valence-electron chi connectivity index (χ0n) is 10.9. The molecule has 18 heavy (non-hydrogen) atoms. The lowest BCUT2D eigenvalue weighted by molar-refractivity contribution is -0.122. The van der Waals surface area contributed by atoms with Gasteiger partial charge in [-0.05, 0) is 44.0 Å². The van der Waals surface area contributed by atoms with E-state index in [-0.39, 0.29) is 5.91 Å². The van der Waals surface area contributed by atoms with Gasteiger partial charge < -0.3 is 16.2 Å². The molecule has 1 aliphatic rings. The van der Waals surface area contributed by atoms with Crippen molar-refractivity contribution in [3.05, 3.63) is 29.3 Å². The first-order valence-corrected chi connectivity index (χ1v) is 6.24. The van der Waals surface area contributed by atoms with Gasteiger partial charge in [0.2, 0.25) is 5.91 Å². The monoisotopic (exact) mass is 248 g/mol. The minimum absolute atomic E-state index is 0.339. The first-order valence-electron chi connectivity index (χ1n) is 6.24. The highest BCUT2D eigenvalue weighted by atomic mass is 16.5. The van der Waals surface area contributed by atoms with Gasteiger partial charge in [0, 0.05) is 5.92 Å². The van der Waals surface area contributed by atoms with Crippen LogP contribution in [0, 0.1) is 0 Å². The van der Waals surface area contributed by atoms with Crippen LogP contribution in [0.1, 0.15) is 37.3 Å². The van der Waals surface area contributed by atoms with E-state index in [1.54, 1.807) is 0 Å². The molecule has 1 amide bonds. The Balaban J connectivity index is 2.41. The summed E-state index contributed by atoms with van der Waals surface area (Å²) in [5, 5.41) is 0. The minimum atomic E-state index is -0.686. The second-order valence-corrected chi connectivity index (χ2v) is 5.31. The Bertz CT molecular complexity index is 469. The molecule has 4 heteroatoms. The smallest absolute Gasteiger partial charge is 0.227 e. The van der Waals surface area contributed by atoms with Crippen LogP contribution in [0.5, 0.6) is 5.75 Å². The number of ether oxygens (including phenoxy) is 1. The predicted octanol–water partition coefficient (Wildman–Crippen LogP) is 1.27. The minimum Gasteiger partial charge on any atom is -0.493 e. The molecule has 0 fully saturated rings. The van der Waals surface area contributed by atoms with Crippen molar-refractivity contribution < 1.29 is 9.53 Å². The Morgan fingerprint density at radius 3 is 2.83 bits per heavy atom. The zero-order valence-corrected chi connectivity index (χ0v) is 10.9. The highest BCUT2D eigenvalue weighted by Crippen LogP contribution is 2.36. The lowest BCUT2D eigenvalue weighted by Gasteiger charge is -2.28. The number of primary amides is 1. The third kappa shape index (κ3) is 2.08. The van der Waals surface area contributed by atoms with E-state index in [0.29, 0.717) is 19.1 Å². The molecule has 1 aromatic rings. The number of amides is 1. The van der Waals surface area contributed by atoms with Crippen LogP contribution in [0.25, 0.3) is 0 Å². The van der Waals surface area contributed by atoms with Crippen molar-refractivity contribution in [1.29, 1.82) is 0 Å². The normalized spacial score (nSPS) is 18.9. The summed E-state index contributed by atoms with van der Waals surface area (Å²) in [7, 11) is 0. The van der Waals surface area contributed by atoms with Crippen molar-refractivity contribution >= 4 is 5.91 Å². The van der Waals surface area contributed by atoms with E-state index in [2.05, 4.69) is 0 Å². The van der Waals surface area contributed by atoms with E-state index in [9.17, 15) is 4.79 Å². The van der Waals surface area contributed by atoms with Crippen molar-refractivity contribution in [3.63, 3.8) is 0 Å². The molecule has 0 radical (unpaired) electrons. The number of rotatable bonds is 3. The van der Waals surface area contributed by atoms with Gasteiger partial charge in [-0.25, -0.2) is 0 Å². The summed E-state index contributed by atoms with van der Waals surface area (Å²) in [5.41, 5.74) is 12.5. The molecule has 1 aromatic carbocycles. The Labute approximate surface area is 107 Å². The van der Waals surface area contributed by atoms with Crippen LogP contribution in [0.4, 0.5) is 0 Å². The molecule has 1 atom stereocenters. The maximum Gasteiger partial charge on any atom is 0.227 e. The van der Waals surface area contributed by atoms with Gasteiger partial charge in [0.15, 0.2) is 0 Å². The molecular formula is C14H20N2O2. The largest absolute Gasteiger partial charge is 0.493 e. The van der Waals surface area contributed by atoms with E-state index in [0.717, 1.165) is 23.3 Å². The van der Waals surface area contributed by atoms with Crippen LogP contribution in [0.3, 0.4) is 0 Å². The van der Waals surface area contributed by atoms with Crippen LogP contribution in [0.2, 0.25) is 0 Å². The molecular weight excluding hydrogens is 228 g/mol. The van der Waals surface area contributed by atoms with Crippen molar-refractivity contribution in [2.75, 3.05) is 13.2 Å². The van der Waals surface area contributed by atoms with Crippen LogP contribution in [0.15, 0.2) is 18.2 Å². The topological polar surface area (TPSA) is 78.3 Å². The second-order valence-electron chi connectivity index (χ2n) is 5.31.